The Balaban J connectivity index is 2.60. The Morgan fingerprint density at radius 3 is 2.36 bits per heavy atom. The summed E-state index contributed by atoms with van der Waals surface area (Å²) in [4.78, 5) is 2.37. The molecule has 1 unspecified atom stereocenters. The van der Waals surface area contributed by atoms with Crippen LogP contribution < -0.4 is 0 Å². The highest BCUT2D eigenvalue weighted by atomic mass is 15.2. The fourth-order valence-electron chi connectivity index (χ4n) is 2.49. The minimum absolute atomic E-state index is 0.148. The molecule has 14 heavy (non-hydrogen) atoms. The number of nitrogens with zero attached hydrogens (tertiary/aromatic N) is 2. The lowest BCUT2D eigenvalue weighted by atomic mass is 9.82. The molecule has 1 rings (SSSR count). The number of hydrogen-bond donors (Lipinski definition) is 0. The van der Waals surface area contributed by atoms with Gasteiger partial charge in [0.25, 0.3) is 0 Å². The molecule has 0 bridgehead atoms. The van der Waals surface area contributed by atoms with Crippen LogP contribution in [0.1, 0.15) is 46.5 Å². The first-order chi connectivity index (χ1) is 6.71. The van der Waals surface area contributed by atoms with Crippen LogP contribution in [0.2, 0.25) is 0 Å². The Labute approximate surface area is 87.9 Å². The second kappa shape index (κ2) is 4.79. The molecular weight excluding hydrogens is 172 g/mol. The van der Waals surface area contributed by atoms with Crippen LogP contribution in [0.25, 0.3) is 0 Å². The van der Waals surface area contributed by atoms with Gasteiger partial charge in [0.1, 0.15) is 0 Å². The predicted octanol–water partition coefficient (Wildman–Crippen LogP) is 2.80. The summed E-state index contributed by atoms with van der Waals surface area (Å²) >= 11 is 0. The average molecular weight is 194 g/mol. The molecule has 0 N–H and O–H groups in total. The van der Waals surface area contributed by atoms with Crippen molar-refractivity contribution in [2.45, 2.75) is 52.5 Å². The highest BCUT2D eigenvalue weighted by molar-refractivity contribution is 4.97. The molecule has 0 saturated carbocycles. The third-order valence-electron chi connectivity index (χ3n) is 3.94. The molecule has 1 fully saturated rings. The lowest BCUT2D eigenvalue weighted by Gasteiger charge is -2.28. The number of likely N-dealkylation sites (tertiary alicyclic amines) is 1. The van der Waals surface area contributed by atoms with Crippen molar-refractivity contribution in [1.82, 2.24) is 4.90 Å². The van der Waals surface area contributed by atoms with Gasteiger partial charge in [0.05, 0.1) is 12.1 Å². The zero-order valence-corrected chi connectivity index (χ0v) is 9.71. The SMILES string of the molecule is CCC(C#N)N1CCC(CC)(CC)C1. The molecule has 1 heterocycles. The summed E-state index contributed by atoms with van der Waals surface area (Å²) < 4.78 is 0. The minimum Gasteiger partial charge on any atom is -0.287 e. The van der Waals surface area contributed by atoms with Crippen molar-refractivity contribution >= 4 is 0 Å². The zero-order valence-electron chi connectivity index (χ0n) is 9.71. The molecular formula is C12H22N2. The van der Waals surface area contributed by atoms with Gasteiger partial charge >= 0.3 is 0 Å². The summed E-state index contributed by atoms with van der Waals surface area (Å²) in [5, 5.41) is 9.01. The van der Waals surface area contributed by atoms with Crippen LogP contribution in [-0.2, 0) is 0 Å². The largest absolute Gasteiger partial charge is 0.287 e. The summed E-state index contributed by atoms with van der Waals surface area (Å²) in [6.45, 7) is 8.91. The van der Waals surface area contributed by atoms with E-state index in [0.29, 0.717) is 5.41 Å². The minimum atomic E-state index is 0.148. The highest BCUT2D eigenvalue weighted by Gasteiger charge is 2.37. The van der Waals surface area contributed by atoms with E-state index >= 15 is 0 Å². The Bertz CT molecular complexity index is 213. The molecule has 0 aromatic carbocycles. The molecule has 1 saturated heterocycles. The van der Waals surface area contributed by atoms with Crippen molar-refractivity contribution in [3.8, 4) is 6.07 Å². The van der Waals surface area contributed by atoms with Crippen LogP contribution in [-0.4, -0.2) is 24.0 Å². The van der Waals surface area contributed by atoms with E-state index in [0.717, 1.165) is 19.5 Å². The third kappa shape index (κ3) is 2.09. The van der Waals surface area contributed by atoms with Crippen molar-refractivity contribution in [3.63, 3.8) is 0 Å². The van der Waals surface area contributed by atoms with E-state index < -0.39 is 0 Å². The van der Waals surface area contributed by atoms with Crippen LogP contribution >= 0.6 is 0 Å². The molecule has 0 amide bonds. The fraction of sp³-hybridized carbons (Fsp3) is 0.917. The second-order valence-electron chi connectivity index (χ2n) is 4.48. The summed E-state index contributed by atoms with van der Waals surface area (Å²) in [7, 11) is 0. The number of rotatable bonds is 4. The fourth-order valence-corrected chi connectivity index (χ4v) is 2.49. The molecule has 80 valence electrons. The van der Waals surface area contributed by atoms with Crippen molar-refractivity contribution in [3.05, 3.63) is 0 Å². The second-order valence-corrected chi connectivity index (χ2v) is 4.48. The monoisotopic (exact) mass is 194 g/mol. The molecule has 0 radical (unpaired) electrons. The maximum absolute atomic E-state index is 9.01. The van der Waals surface area contributed by atoms with Crippen molar-refractivity contribution in [2.24, 2.45) is 5.41 Å². The first-order valence-corrected chi connectivity index (χ1v) is 5.85. The van der Waals surface area contributed by atoms with E-state index in [9.17, 15) is 0 Å². The molecule has 0 spiro atoms. The Morgan fingerprint density at radius 1 is 1.36 bits per heavy atom. The van der Waals surface area contributed by atoms with Crippen LogP contribution in [0, 0.1) is 16.7 Å². The van der Waals surface area contributed by atoms with E-state index in [2.05, 4.69) is 31.7 Å². The average Bonchev–Trinajstić information content (AvgIpc) is 2.65. The molecule has 1 aliphatic heterocycles. The lowest BCUT2D eigenvalue weighted by Crippen LogP contribution is -2.34. The Kier molecular flexibility index (Phi) is 3.95. The van der Waals surface area contributed by atoms with Gasteiger partial charge in [-0.1, -0.05) is 20.8 Å². The van der Waals surface area contributed by atoms with Crippen LogP contribution in [0.4, 0.5) is 0 Å². The van der Waals surface area contributed by atoms with Gasteiger partial charge in [-0.2, -0.15) is 5.26 Å². The summed E-state index contributed by atoms with van der Waals surface area (Å²) in [5.74, 6) is 0. The first kappa shape index (κ1) is 11.5. The molecule has 1 aliphatic rings. The highest BCUT2D eigenvalue weighted by Crippen LogP contribution is 2.37. The lowest BCUT2D eigenvalue weighted by molar-refractivity contribution is 0.216. The van der Waals surface area contributed by atoms with Gasteiger partial charge in [0, 0.05) is 6.54 Å². The van der Waals surface area contributed by atoms with Gasteiger partial charge in [-0.25, -0.2) is 0 Å². The van der Waals surface area contributed by atoms with Gasteiger partial charge in [0.15, 0.2) is 0 Å². The van der Waals surface area contributed by atoms with Crippen LogP contribution in [0.3, 0.4) is 0 Å². The zero-order chi connectivity index (χ0) is 10.6. The van der Waals surface area contributed by atoms with Crippen molar-refractivity contribution in [1.29, 1.82) is 5.26 Å². The van der Waals surface area contributed by atoms with Gasteiger partial charge in [-0.3, -0.25) is 4.90 Å². The topological polar surface area (TPSA) is 27.0 Å². The Morgan fingerprint density at radius 2 is 2.00 bits per heavy atom. The molecule has 2 heteroatoms. The third-order valence-corrected chi connectivity index (χ3v) is 3.94. The van der Waals surface area contributed by atoms with E-state index in [4.69, 9.17) is 5.26 Å². The smallest absolute Gasteiger partial charge is 0.0975 e. The molecule has 1 atom stereocenters. The van der Waals surface area contributed by atoms with E-state index in [1.807, 2.05) is 0 Å². The van der Waals surface area contributed by atoms with Gasteiger partial charge < -0.3 is 0 Å². The van der Waals surface area contributed by atoms with E-state index in [-0.39, 0.29) is 6.04 Å². The Hall–Kier alpha value is -0.550. The normalized spacial score (nSPS) is 23.3. The number of nitriles is 1. The van der Waals surface area contributed by atoms with Crippen molar-refractivity contribution in [2.75, 3.05) is 13.1 Å². The summed E-state index contributed by atoms with van der Waals surface area (Å²) in [6, 6.07) is 2.55. The summed E-state index contributed by atoms with van der Waals surface area (Å²) in [6.07, 6.45) is 4.74. The van der Waals surface area contributed by atoms with Crippen LogP contribution in [0.5, 0.6) is 0 Å². The van der Waals surface area contributed by atoms with Crippen LogP contribution in [0.15, 0.2) is 0 Å². The van der Waals surface area contributed by atoms with Gasteiger partial charge in [0.2, 0.25) is 0 Å². The molecule has 0 aromatic rings. The van der Waals surface area contributed by atoms with E-state index in [1.54, 1.807) is 0 Å². The van der Waals surface area contributed by atoms with E-state index in [1.165, 1.54) is 19.3 Å². The van der Waals surface area contributed by atoms with Gasteiger partial charge in [-0.15, -0.1) is 0 Å². The molecule has 0 aromatic heterocycles. The predicted molar refractivity (Wildman–Crippen MR) is 58.9 cm³/mol. The summed E-state index contributed by atoms with van der Waals surface area (Å²) in [5.41, 5.74) is 0.504. The molecule has 2 nitrogen and oxygen atoms in total. The first-order valence-electron chi connectivity index (χ1n) is 5.85. The quantitative estimate of drug-likeness (QED) is 0.688. The van der Waals surface area contributed by atoms with Gasteiger partial charge in [-0.05, 0) is 37.6 Å². The maximum Gasteiger partial charge on any atom is 0.0975 e. The van der Waals surface area contributed by atoms with Crippen molar-refractivity contribution < 1.29 is 0 Å². The standard InChI is InChI=1S/C12H22N2/c1-4-11(9-13)14-8-7-12(5-2,6-3)10-14/h11H,4-8,10H2,1-3H3. The number of hydrogen-bond acceptors (Lipinski definition) is 2. The maximum atomic E-state index is 9.01. The molecule has 0 aliphatic carbocycles.